The van der Waals surface area contributed by atoms with E-state index in [0.717, 1.165) is 28.1 Å². The van der Waals surface area contributed by atoms with Gasteiger partial charge in [0.25, 0.3) is 5.91 Å². The maximum absolute atomic E-state index is 13.3. The van der Waals surface area contributed by atoms with Crippen molar-refractivity contribution < 1.29 is 9.59 Å². The van der Waals surface area contributed by atoms with E-state index < -0.39 is 11.3 Å². The van der Waals surface area contributed by atoms with E-state index in [4.69, 9.17) is 9.98 Å². The minimum atomic E-state index is -0.416. The van der Waals surface area contributed by atoms with Gasteiger partial charge in [0, 0.05) is 11.3 Å². The van der Waals surface area contributed by atoms with Crippen molar-refractivity contribution >= 4 is 46.0 Å². The molecule has 0 saturated carbocycles. The van der Waals surface area contributed by atoms with E-state index in [0.29, 0.717) is 29.8 Å². The molecule has 4 rings (SSSR count). The van der Waals surface area contributed by atoms with Crippen LogP contribution in [-0.2, 0) is 9.59 Å². The van der Waals surface area contributed by atoms with Gasteiger partial charge < -0.3 is 5.32 Å². The molecular formula is C26H30N4O2S. The summed E-state index contributed by atoms with van der Waals surface area (Å²) in [6, 6.07) is 13.3. The molecule has 6 nitrogen and oxygen atoms in total. The fourth-order valence-corrected chi connectivity index (χ4v) is 5.03. The summed E-state index contributed by atoms with van der Waals surface area (Å²) in [5, 5.41) is 3.19. The van der Waals surface area contributed by atoms with Crippen LogP contribution < -0.4 is 5.32 Å². The van der Waals surface area contributed by atoms with Crippen LogP contribution in [0.15, 0.2) is 52.4 Å². The predicted molar refractivity (Wildman–Crippen MR) is 136 cm³/mol. The highest BCUT2D eigenvalue weighted by Gasteiger charge is 2.42. The Balaban J connectivity index is 1.62. The summed E-state index contributed by atoms with van der Waals surface area (Å²) < 4.78 is 0. The van der Waals surface area contributed by atoms with Gasteiger partial charge in [0.2, 0.25) is 5.91 Å². The maximum Gasteiger partial charge on any atom is 0.259 e. The lowest BCUT2D eigenvalue weighted by atomic mass is 10.0. The van der Waals surface area contributed by atoms with Crippen LogP contribution in [0.3, 0.4) is 0 Å². The molecule has 7 heteroatoms. The molecule has 33 heavy (non-hydrogen) atoms. The Labute approximate surface area is 199 Å². The molecule has 1 N–H and O–H groups in total. The average Bonchev–Trinajstić information content (AvgIpc) is 3.10. The van der Waals surface area contributed by atoms with Crippen molar-refractivity contribution in [2.45, 2.75) is 58.8 Å². The first-order valence-electron chi connectivity index (χ1n) is 11.4. The molecule has 2 heterocycles. The first-order valence-corrected chi connectivity index (χ1v) is 12.3. The number of hydrogen-bond acceptors (Lipinski definition) is 5. The second kappa shape index (κ2) is 9.51. The molecule has 2 aliphatic heterocycles. The summed E-state index contributed by atoms with van der Waals surface area (Å²) in [5.74, 6) is 0.828. The van der Waals surface area contributed by atoms with Gasteiger partial charge in [-0.1, -0.05) is 56.8 Å². The number of nitrogens with one attached hydrogen (secondary N) is 1. The Bertz CT molecular complexity index is 1150. The van der Waals surface area contributed by atoms with Crippen molar-refractivity contribution in [1.29, 1.82) is 0 Å². The number of hydrogen-bond donors (Lipinski definition) is 1. The van der Waals surface area contributed by atoms with Crippen LogP contribution in [0.25, 0.3) is 0 Å². The van der Waals surface area contributed by atoms with E-state index in [9.17, 15) is 9.59 Å². The Morgan fingerprint density at radius 1 is 1.18 bits per heavy atom. The summed E-state index contributed by atoms with van der Waals surface area (Å²) in [7, 11) is 0. The third-order valence-corrected chi connectivity index (χ3v) is 7.12. The summed E-state index contributed by atoms with van der Waals surface area (Å²) in [5.41, 5.74) is 4.54. The van der Waals surface area contributed by atoms with Gasteiger partial charge in [-0.25, -0.2) is 9.89 Å². The van der Waals surface area contributed by atoms with Crippen molar-refractivity contribution in [2.75, 3.05) is 5.32 Å². The van der Waals surface area contributed by atoms with E-state index in [1.165, 1.54) is 11.8 Å². The number of benzene rings is 2. The van der Waals surface area contributed by atoms with Crippen molar-refractivity contribution in [2.24, 2.45) is 15.9 Å². The zero-order chi connectivity index (χ0) is 23.7. The van der Waals surface area contributed by atoms with E-state index >= 15 is 0 Å². The molecule has 0 fully saturated rings. The average molecular weight is 463 g/mol. The molecule has 2 amide bonds. The third kappa shape index (κ3) is 4.74. The maximum atomic E-state index is 13.3. The number of fused-ring (bicyclic) bond motifs is 3. The van der Waals surface area contributed by atoms with E-state index in [2.05, 4.69) is 19.2 Å². The summed E-state index contributed by atoms with van der Waals surface area (Å²) in [6.07, 6.45) is 1.29. The van der Waals surface area contributed by atoms with E-state index in [1.807, 2.05) is 63.2 Å². The first kappa shape index (κ1) is 23.2. The quantitative estimate of drug-likeness (QED) is 0.620. The van der Waals surface area contributed by atoms with E-state index in [-0.39, 0.29) is 11.8 Å². The molecule has 0 aromatic heterocycles. The molecule has 2 aliphatic rings. The molecule has 2 aromatic rings. The first-order chi connectivity index (χ1) is 15.8. The predicted octanol–water partition coefficient (Wildman–Crippen LogP) is 5.46. The molecule has 0 spiro atoms. The van der Waals surface area contributed by atoms with Gasteiger partial charge in [0.15, 0.2) is 5.17 Å². The van der Waals surface area contributed by atoms with Gasteiger partial charge in [-0.3, -0.25) is 14.6 Å². The largest absolute Gasteiger partial charge is 0.325 e. The van der Waals surface area contributed by atoms with Gasteiger partial charge in [0.1, 0.15) is 11.9 Å². The number of aryl methyl sites for hydroxylation is 2. The molecule has 0 radical (unpaired) electrons. The molecule has 0 bridgehead atoms. The van der Waals surface area contributed by atoms with Crippen molar-refractivity contribution in [3.05, 3.63) is 59.2 Å². The van der Waals surface area contributed by atoms with Crippen LogP contribution in [0, 0.1) is 19.8 Å². The number of anilines is 1. The second-order valence-electron chi connectivity index (χ2n) is 9.01. The Hall–Kier alpha value is -2.93. The number of carbonyl (C=O) groups is 2. The highest BCUT2D eigenvalue weighted by Crippen LogP contribution is 2.36. The van der Waals surface area contributed by atoms with Crippen LogP contribution in [0.4, 0.5) is 11.4 Å². The lowest BCUT2D eigenvalue weighted by Gasteiger charge is -2.27. The lowest BCUT2D eigenvalue weighted by Crippen LogP contribution is -2.42. The fourth-order valence-electron chi connectivity index (χ4n) is 4.01. The number of carbonyl (C=O) groups excluding carboxylic acids is 2. The van der Waals surface area contributed by atoms with Crippen LogP contribution in [-0.4, -0.2) is 39.0 Å². The second-order valence-corrected chi connectivity index (χ2v) is 10.2. The molecule has 0 aliphatic carbocycles. The summed E-state index contributed by atoms with van der Waals surface area (Å²) in [6.45, 7) is 10.1. The lowest BCUT2D eigenvalue weighted by molar-refractivity contribution is -0.125. The number of aliphatic imine (C=N–C) groups is 2. The standard InChI is InChI=1S/C26H30N4O2S/c1-6-22(24(31)28-20-14-16(4)11-12-17(20)5)33-26-29-19-10-8-7-9-18(19)23-27-21(13-15(2)3)25(32)30(23)26/h7-12,14-15,21-22H,6,13H2,1-5H3,(H,28,31)/t21-,22+/m1/s1. The van der Waals surface area contributed by atoms with Crippen LogP contribution in [0.1, 0.15) is 50.3 Å². The van der Waals surface area contributed by atoms with Crippen molar-refractivity contribution in [1.82, 2.24) is 4.90 Å². The van der Waals surface area contributed by atoms with Crippen molar-refractivity contribution in [3.8, 4) is 0 Å². The molecule has 172 valence electrons. The number of nitrogens with zero attached hydrogens (tertiary/aromatic N) is 3. The molecule has 2 atom stereocenters. The molecular weight excluding hydrogens is 432 g/mol. The van der Waals surface area contributed by atoms with Gasteiger partial charge >= 0.3 is 0 Å². The number of thioether (sulfide) groups is 1. The molecule has 0 saturated heterocycles. The Kier molecular flexibility index (Phi) is 6.70. The zero-order valence-electron chi connectivity index (χ0n) is 19.8. The van der Waals surface area contributed by atoms with Crippen LogP contribution in [0.2, 0.25) is 0 Å². The topological polar surface area (TPSA) is 74.1 Å². The number of rotatable bonds is 6. The fraction of sp³-hybridized carbons (Fsp3) is 0.385. The highest BCUT2D eigenvalue weighted by atomic mass is 32.2. The monoisotopic (exact) mass is 462 g/mol. The van der Waals surface area contributed by atoms with Gasteiger partial charge in [-0.05, 0) is 61.9 Å². The zero-order valence-corrected chi connectivity index (χ0v) is 20.6. The number of para-hydroxylation sites is 1. The summed E-state index contributed by atoms with van der Waals surface area (Å²) >= 11 is 1.33. The van der Waals surface area contributed by atoms with Gasteiger partial charge in [-0.15, -0.1) is 0 Å². The summed E-state index contributed by atoms with van der Waals surface area (Å²) in [4.78, 5) is 37.7. The van der Waals surface area contributed by atoms with Gasteiger partial charge in [-0.2, -0.15) is 0 Å². The minimum Gasteiger partial charge on any atom is -0.325 e. The number of amides is 2. The Morgan fingerprint density at radius 3 is 2.67 bits per heavy atom. The van der Waals surface area contributed by atoms with Crippen LogP contribution >= 0.6 is 11.8 Å². The normalized spacial score (nSPS) is 17.9. The minimum absolute atomic E-state index is 0.0655. The number of amidine groups is 2. The smallest absolute Gasteiger partial charge is 0.259 e. The van der Waals surface area contributed by atoms with Gasteiger partial charge in [0.05, 0.1) is 10.9 Å². The van der Waals surface area contributed by atoms with Crippen LogP contribution in [0.5, 0.6) is 0 Å². The highest BCUT2D eigenvalue weighted by molar-refractivity contribution is 8.15. The third-order valence-electron chi connectivity index (χ3n) is 5.80. The molecule has 0 unspecified atom stereocenters. The van der Waals surface area contributed by atoms with Crippen molar-refractivity contribution in [3.63, 3.8) is 0 Å². The Morgan fingerprint density at radius 2 is 1.94 bits per heavy atom. The SMILES string of the molecule is CC[C@H](SC1=Nc2ccccc2C2=N[C@H](CC(C)C)C(=O)N12)C(=O)Nc1cc(C)ccc1C. The molecule has 2 aromatic carbocycles. The van der Waals surface area contributed by atoms with E-state index in [1.54, 1.807) is 4.90 Å².